The number of hydrogen-bond donors (Lipinski definition) is 0. The van der Waals surface area contributed by atoms with Crippen molar-refractivity contribution in [3.63, 3.8) is 0 Å². The van der Waals surface area contributed by atoms with Crippen LogP contribution in [0, 0.1) is 6.92 Å². The zero-order valence-corrected chi connectivity index (χ0v) is 19.5. The molecule has 0 aliphatic carbocycles. The Bertz CT molecular complexity index is 1020. The number of fused-ring (bicyclic) bond motifs is 1. The van der Waals surface area contributed by atoms with Gasteiger partial charge in [0.25, 0.3) is 0 Å². The van der Waals surface area contributed by atoms with Crippen LogP contribution in [0.1, 0.15) is 64.9 Å². The molecule has 0 unspecified atom stereocenters. The van der Waals surface area contributed by atoms with Crippen LogP contribution in [0.5, 0.6) is 5.75 Å². The minimum atomic E-state index is 0.0438. The van der Waals surface area contributed by atoms with Crippen molar-refractivity contribution in [3.8, 4) is 17.0 Å². The Kier molecular flexibility index (Phi) is 6.58. The number of anilines is 1. The molecule has 3 aromatic rings. The van der Waals surface area contributed by atoms with Crippen LogP contribution >= 0.6 is 0 Å². The number of hydrogen-bond acceptors (Lipinski definition) is 6. The van der Waals surface area contributed by atoms with Crippen molar-refractivity contribution in [2.75, 3.05) is 19.0 Å². The Labute approximate surface area is 179 Å². The fourth-order valence-corrected chi connectivity index (χ4v) is 3.67. The molecule has 3 rings (SSSR count). The maximum absolute atomic E-state index is 6.16. The number of pyridine rings is 1. The van der Waals surface area contributed by atoms with Gasteiger partial charge in [0.2, 0.25) is 0 Å². The predicted molar refractivity (Wildman–Crippen MR) is 122 cm³/mol. The molecular weight excluding hydrogens is 376 g/mol. The van der Waals surface area contributed by atoms with Crippen LogP contribution in [-0.4, -0.2) is 44.9 Å². The van der Waals surface area contributed by atoms with Crippen LogP contribution in [0.3, 0.4) is 0 Å². The number of rotatable bonds is 8. The van der Waals surface area contributed by atoms with Crippen molar-refractivity contribution in [2.24, 2.45) is 0 Å². The SMILES string of the molecule is CCc1nc2c(nc1-c1cnc(N(C)C)cc1OC(C)C)c(C)nn2C(CC)CC. The first-order chi connectivity index (χ1) is 14.3. The Morgan fingerprint density at radius 1 is 1.10 bits per heavy atom. The summed E-state index contributed by atoms with van der Waals surface area (Å²) in [5, 5.41) is 4.79. The van der Waals surface area contributed by atoms with E-state index in [0.717, 1.165) is 64.6 Å². The van der Waals surface area contributed by atoms with Gasteiger partial charge < -0.3 is 9.64 Å². The summed E-state index contributed by atoms with van der Waals surface area (Å²) in [6.07, 6.45) is 4.69. The molecule has 30 heavy (non-hydrogen) atoms. The summed E-state index contributed by atoms with van der Waals surface area (Å²) in [4.78, 5) is 16.7. The summed E-state index contributed by atoms with van der Waals surface area (Å²) in [5.74, 6) is 1.62. The molecule has 7 nitrogen and oxygen atoms in total. The van der Waals surface area contributed by atoms with Crippen molar-refractivity contribution in [2.45, 2.75) is 73.0 Å². The quantitative estimate of drug-likeness (QED) is 0.522. The summed E-state index contributed by atoms with van der Waals surface area (Å²) in [6, 6.07) is 2.30. The largest absolute Gasteiger partial charge is 0.490 e. The van der Waals surface area contributed by atoms with E-state index in [1.165, 1.54) is 0 Å². The fourth-order valence-electron chi connectivity index (χ4n) is 3.67. The number of nitrogens with zero attached hydrogens (tertiary/aromatic N) is 6. The lowest BCUT2D eigenvalue weighted by Crippen LogP contribution is -2.13. The average Bonchev–Trinajstić information content (AvgIpc) is 3.03. The summed E-state index contributed by atoms with van der Waals surface area (Å²) >= 11 is 0. The minimum Gasteiger partial charge on any atom is -0.490 e. The minimum absolute atomic E-state index is 0.0438. The number of ether oxygens (including phenoxy) is 1. The molecule has 0 amide bonds. The molecule has 0 N–H and O–H groups in total. The van der Waals surface area contributed by atoms with E-state index in [4.69, 9.17) is 19.8 Å². The lowest BCUT2D eigenvalue weighted by Gasteiger charge is -2.19. The highest BCUT2D eigenvalue weighted by Crippen LogP contribution is 2.35. The first kappa shape index (κ1) is 22.0. The van der Waals surface area contributed by atoms with E-state index in [0.29, 0.717) is 6.04 Å². The zero-order chi connectivity index (χ0) is 22.0. The van der Waals surface area contributed by atoms with Gasteiger partial charge in [0, 0.05) is 26.4 Å². The van der Waals surface area contributed by atoms with E-state index >= 15 is 0 Å². The lowest BCUT2D eigenvalue weighted by atomic mass is 10.1. The summed E-state index contributed by atoms with van der Waals surface area (Å²) in [5.41, 5.74) is 5.24. The van der Waals surface area contributed by atoms with Crippen molar-refractivity contribution < 1.29 is 4.74 Å². The summed E-state index contributed by atoms with van der Waals surface area (Å²) < 4.78 is 8.21. The van der Waals surface area contributed by atoms with Crippen LogP contribution in [0.4, 0.5) is 5.82 Å². The molecule has 0 atom stereocenters. The van der Waals surface area contributed by atoms with Gasteiger partial charge in [-0.3, -0.25) is 0 Å². The molecule has 0 saturated heterocycles. The van der Waals surface area contributed by atoms with E-state index in [9.17, 15) is 0 Å². The molecule has 0 saturated carbocycles. The molecule has 0 radical (unpaired) electrons. The highest BCUT2D eigenvalue weighted by Gasteiger charge is 2.22. The van der Waals surface area contributed by atoms with Gasteiger partial charge in [0.1, 0.15) is 17.1 Å². The molecule has 7 heteroatoms. The predicted octanol–water partition coefficient (Wildman–Crippen LogP) is 4.97. The normalized spacial score (nSPS) is 11.7. The van der Waals surface area contributed by atoms with E-state index in [1.807, 2.05) is 52.0 Å². The third-order valence-corrected chi connectivity index (χ3v) is 5.32. The molecule has 0 aliphatic heterocycles. The van der Waals surface area contributed by atoms with Crippen LogP contribution in [0.15, 0.2) is 12.3 Å². The van der Waals surface area contributed by atoms with E-state index in [1.54, 1.807) is 0 Å². The van der Waals surface area contributed by atoms with E-state index < -0.39 is 0 Å². The van der Waals surface area contributed by atoms with Gasteiger partial charge in [-0.15, -0.1) is 0 Å². The van der Waals surface area contributed by atoms with Gasteiger partial charge in [-0.1, -0.05) is 20.8 Å². The first-order valence-corrected chi connectivity index (χ1v) is 10.9. The van der Waals surface area contributed by atoms with Crippen molar-refractivity contribution in [1.29, 1.82) is 0 Å². The zero-order valence-electron chi connectivity index (χ0n) is 19.5. The lowest BCUT2D eigenvalue weighted by molar-refractivity contribution is 0.243. The van der Waals surface area contributed by atoms with Gasteiger partial charge in [0.15, 0.2) is 5.65 Å². The second-order valence-corrected chi connectivity index (χ2v) is 8.14. The maximum atomic E-state index is 6.16. The van der Waals surface area contributed by atoms with E-state index in [-0.39, 0.29) is 6.10 Å². The molecule has 0 spiro atoms. The standard InChI is InChI=1S/C23H34N6O/c1-9-16(10-2)29-23-21(15(6)27-29)26-22(18(11-3)25-23)17-13-24-20(28(7)8)12-19(17)30-14(4)5/h12-14,16H,9-11H2,1-8H3. The molecule has 3 aromatic heterocycles. The third kappa shape index (κ3) is 4.11. The summed E-state index contributed by atoms with van der Waals surface area (Å²) in [7, 11) is 3.94. The van der Waals surface area contributed by atoms with Crippen LogP contribution in [-0.2, 0) is 6.42 Å². The first-order valence-electron chi connectivity index (χ1n) is 10.9. The molecular formula is C23H34N6O. The van der Waals surface area contributed by atoms with Crippen LogP contribution in [0.2, 0.25) is 0 Å². The second-order valence-electron chi connectivity index (χ2n) is 8.14. The molecule has 3 heterocycles. The Balaban J connectivity index is 2.24. The van der Waals surface area contributed by atoms with Crippen molar-refractivity contribution in [1.82, 2.24) is 24.7 Å². The van der Waals surface area contributed by atoms with E-state index in [2.05, 4.69) is 30.4 Å². The van der Waals surface area contributed by atoms with Gasteiger partial charge in [-0.2, -0.15) is 5.10 Å². The summed E-state index contributed by atoms with van der Waals surface area (Å²) in [6.45, 7) is 12.5. The van der Waals surface area contributed by atoms with Crippen molar-refractivity contribution >= 4 is 17.0 Å². The smallest absolute Gasteiger partial charge is 0.177 e. The Morgan fingerprint density at radius 3 is 2.37 bits per heavy atom. The Morgan fingerprint density at radius 2 is 1.80 bits per heavy atom. The van der Waals surface area contributed by atoms with Gasteiger partial charge >= 0.3 is 0 Å². The van der Waals surface area contributed by atoms with Gasteiger partial charge in [0.05, 0.1) is 34.8 Å². The third-order valence-electron chi connectivity index (χ3n) is 5.32. The second kappa shape index (κ2) is 8.98. The van der Waals surface area contributed by atoms with Gasteiger partial charge in [-0.05, 0) is 40.0 Å². The molecule has 0 aliphatic rings. The highest BCUT2D eigenvalue weighted by atomic mass is 16.5. The Hall–Kier alpha value is -2.70. The molecule has 0 bridgehead atoms. The topological polar surface area (TPSA) is 69.0 Å². The monoisotopic (exact) mass is 410 g/mol. The average molecular weight is 411 g/mol. The number of aromatic nitrogens is 5. The highest BCUT2D eigenvalue weighted by molar-refractivity contribution is 5.80. The maximum Gasteiger partial charge on any atom is 0.177 e. The fraction of sp³-hybridized carbons (Fsp3) is 0.565. The number of aryl methyl sites for hydroxylation is 2. The molecule has 0 fully saturated rings. The van der Waals surface area contributed by atoms with Crippen LogP contribution in [0.25, 0.3) is 22.4 Å². The van der Waals surface area contributed by atoms with Gasteiger partial charge in [-0.25, -0.2) is 19.6 Å². The molecule has 0 aromatic carbocycles. The molecule has 162 valence electrons. The van der Waals surface area contributed by atoms with Crippen molar-refractivity contribution in [3.05, 3.63) is 23.7 Å². The van der Waals surface area contributed by atoms with Crippen LogP contribution < -0.4 is 9.64 Å².